The zero-order valence-electron chi connectivity index (χ0n) is 12.3. The third-order valence-electron chi connectivity index (χ3n) is 3.67. The minimum absolute atomic E-state index is 0. The zero-order chi connectivity index (χ0) is 14.5. The van der Waals surface area contributed by atoms with E-state index in [0.29, 0.717) is 12.3 Å². The molecule has 0 heterocycles. The number of quaternary nitrogens is 1. The van der Waals surface area contributed by atoms with Gasteiger partial charge in [-0.25, -0.2) is 0 Å². The number of halogens is 1. The van der Waals surface area contributed by atoms with E-state index >= 15 is 0 Å². The van der Waals surface area contributed by atoms with Gasteiger partial charge in [0.25, 0.3) is 0 Å². The number of aryl methyl sites for hydroxylation is 1. The molecular weight excluding hydrogens is 286 g/mol. The van der Waals surface area contributed by atoms with Crippen LogP contribution in [0.15, 0.2) is 48.5 Å². The second-order valence-corrected chi connectivity index (χ2v) is 5.24. The van der Waals surface area contributed by atoms with Crippen LogP contribution in [0.3, 0.4) is 0 Å². The van der Waals surface area contributed by atoms with E-state index in [-0.39, 0.29) is 18.4 Å². The zero-order valence-corrected chi connectivity index (χ0v) is 13.1. The maximum atomic E-state index is 10.3. The predicted octanol–water partition coefficient (Wildman–Crippen LogP) is -1.11. The number of aliphatic hydroxyl groups excluding tert-OH is 1. The minimum atomic E-state index is -0.511. The van der Waals surface area contributed by atoms with E-state index in [9.17, 15) is 10.2 Å². The van der Waals surface area contributed by atoms with Crippen LogP contribution < -0.4 is 17.7 Å². The number of nitrogens with two attached hydrogens (primary N) is 1. The molecule has 2 aromatic carbocycles. The molecular formula is C17H22ClNO2. The van der Waals surface area contributed by atoms with Crippen LogP contribution in [0.25, 0.3) is 0 Å². The summed E-state index contributed by atoms with van der Waals surface area (Å²) < 4.78 is 0. The number of aromatic hydroxyl groups is 1. The number of rotatable bonds is 5. The molecule has 0 aliphatic heterocycles. The molecule has 2 aromatic rings. The Bertz CT molecular complexity index is 560. The van der Waals surface area contributed by atoms with Gasteiger partial charge >= 0.3 is 0 Å². The number of hydrogen-bond acceptors (Lipinski definition) is 2. The smallest absolute Gasteiger partial charge is 0.130 e. The lowest BCUT2D eigenvalue weighted by Crippen LogP contribution is -3.00. The third kappa shape index (κ3) is 4.46. The number of para-hydroxylation sites is 1. The summed E-state index contributed by atoms with van der Waals surface area (Å²) in [5.74, 6) is 0.352. The van der Waals surface area contributed by atoms with Gasteiger partial charge in [-0.2, -0.15) is 0 Å². The van der Waals surface area contributed by atoms with Crippen LogP contribution in [0.2, 0.25) is 0 Å². The molecule has 0 amide bonds. The summed E-state index contributed by atoms with van der Waals surface area (Å²) in [6.07, 6.45) is -0.511. The van der Waals surface area contributed by atoms with Crippen LogP contribution in [-0.2, 0) is 6.54 Å². The lowest BCUT2D eigenvalue weighted by molar-refractivity contribution is -0.709. The van der Waals surface area contributed by atoms with Crippen molar-refractivity contribution in [1.82, 2.24) is 0 Å². The highest BCUT2D eigenvalue weighted by Crippen LogP contribution is 2.20. The summed E-state index contributed by atoms with van der Waals surface area (Å²) in [7, 11) is 0. The standard InChI is InChI=1S/C17H21NO2.ClH/c1-12-7-6-10-15(16(12)19)11-18-13(2)17(20)14-8-4-3-5-9-14;/h3-10,13,17-20H,11H2,1-2H3;1H. The van der Waals surface area contributed by atoms with Crippen molar-refractivity contribution in [1.29, 1.82) is 0 Å². The van der Waals surface area contributed by atoms with Crippen LogP contribution in [-0.4, -0.2) is 16.3 Å². The van der Waals surface area contributed by atoms with Crippen LogP contribution in [0.1, 0.15) is 29.7 Å². The van der Waals surface area contributed by atoms with E-state index in [4.69, 9.17) is 0 Å². The topological polar surface area (TPSA) is 57.1 Å². The van der Waals surface area contributed by atoms with Crippen molar-refractivity contribution >= 4 is 0 Å². The summed E-state index contributed by atoms with van der Waals surface area (Å²) in [4.78, 5) is 0. The number of benzene rings is 2. The fraction of sp³-hybridized carbons (Fsp3) is 0.294. The van der Waals surface area contributed by atoms with E-state index in [1.165, 1.54) is 0 Å². The Morgan fingerprint density at radius 3 is 2.38 bits per heavy atom. The van der Waals surface area contributed by atoms with E-state index in [1.807, 2.05) is 67.7 Å². The van der Waals surface area contributed by atoms with Gasteiger partial charge in [-0.3, -0.25) is 0 Å². The fourth-order valence-electron chi connectivity index (χ4n) is 2.28. The molecule has 0 saturated carbocycles. The third-order valence-corrected chi connectivity index (χ3v) is 3.67. The molecule has 4 N–H and O–H groups in total. The van der Waals surface area contributed by atoms with Crippen LogP contribution in [0, 0.1) is 6.92 Å². The number of phenolic OH excluding ortho intramolecular Hbond substituents is 1. The second kappa shape index (κ2) is 8.03. The van der Waals surface area contributed by atoms with E-state index in [1.54, 1.807) is 0 Å². The van der Waals surface area contributed by atoms with E-state index in [0.717, 1.165) is 16.7 Å². The van der Waals surface area contributed by atoms with Gasteiger partial charge in [0, 0.05) is 5.56 Å². The fourth-order valence-corrected chi connectivity index (χ4v) is 2.28. The molecule has 0 saturated heterocycles. The summed E-state index contributed by atoms with van der Waals surface area (Å²) in [5.41, 5.74) is 2.70. The van der Waals surface area contributed by atoms with E-state index < -0.39 is 6.10 Å². The van der Waals surface area contributed by atoms with Crippen molar-refractivity contribution in [3.8, 4) is 5.75 Å². The molecule has 114 valence electrons. The largest absolute Gasteiger partial charge is 1.00 e. The first-order valence-electron chi connectivity index (χ1n) is 6.93. The second-order valence-electron chi connectivity index (χ2n) is 5.24. The Balaban J connectivity index is 0.00000220. The lowest BCUT2D eigenvalue weighted by Gasteiger charge is -2.18. The van der Waals surface area contributed by atoms with Gasteiger partial charge in [0.15, 0.2) is 0 Å². The van der Waals surface area contributed by atoms with Crippen molar-refractivity contribution in [2.24, 2.45) is 0 Å². The Morgan fingerprint density at radius 2 is 1.71 bits per heavy atom. The molecule has 21 heavy (non-hydrogen) atoms. The van der Waals surface area contributed by atoms with Crippen LogP contribution in [0.5, 0.6) is 5.75 Å². The number of aliphatic hydroxyl groups is 1. The summed E-state index contributed by atoms with van der Waals surface area (Å²) >= 11 is 0. The van der Waals surface area contributed by atoms with Crippen molar-refractivity contribution in [2.45, 2.75) is 32.5 Å². The van der Waals surface area contributed by atoms with Crippen molar-refractivity contribution < 1.29 is 27.9 Å². The number of hydrogen-bond donors (Lipinski definition) is 3. The Morgan fingerprint density at radius 1 is 1.05 bits per heavy atom. The molecule has 0 bridgehead atoms. The monoisotopic (exact) mass is 307 g/mol. The average Bonchev–Trinajstić information content (AvgIpc) is 2.48. The quantitative estimate of drug-likeness (QED) is 0.656. The molecule has 4 heteroatoms. The highest BCUT2D eigenvalue weighted by molar-refractivity contribution is 5.38. The van der Waals surface area contributed by atoms with Gasteiger partial charge < -0.3 is 27.9 Å². The van der Waals surface area contributed by atoms with Gasteiger partial charge in [0.2, 0.25) is 0 Å². The van der Waals surface area contributed by atoms with Crippen molar-refractivity contribution in [2.75, 3.05) is 0 Å². The molecule has 0 spiro atoms. The molecule has 0 aliphatic carbocycles. The van der Waals surface area contributed by atoms with Crippen molar-refractivity contribution in [3.05, 3.63) is 65.2 Å². The first kappa shape index (κ1) is 17.5. The molecule has 0 radical (unpaired) electrons. The Hall–Kier alpha value is -1.55. The first-order chi connectivity index (χ1) is 9.59. The maximum absolute atomic E-state index is 10.3. The highest BCUT2D eigenvalue weighted by atomic mass is 35.5. The maximum Gasteiger partial charge on any atom is 0.130 e. The Labute approximate surface area is 132 Å². The molecule has 0 aromatic heterocycles. The average molecular weight is 308 g/mol. The Kier molecular flexibility index (Phi) is 6.69. The highest BCUT2D eigenvalue weighted by Gasteiger charge is 2.19. The SMILES string of the molecule is Cc1cccc(C[NH2+]C(C)C(O)c2ccccc2)c1O.[Cl-]. The van der Waals surface area contributed by atoms with Gasteiger partial charge in [-0.05, 0) is 31.0 Å². The van der Waals surface area contributed by atoms with Crippen molar-refractivity contribution in [3.63, 3.8) is 0 Å². The summed E-state index contributed by atoms with van der Waals surface area (Å²) in [5, 5.41) is 22.3. The van der Waals surface area contributed by atoms with E-state index in [2.05, 4.69) is 0 Å². The summed E-state index contributed by atoms with van der Waals surface area (Å²) in [6, 6.07) is 15.4. The van der Waals surface area contributed by atoms with Crippen LogP contribution in [0.4, 0.5) is 0 Å². The molecule has 2 unspecified atom stereocenters. The van der Waals surface area contributed by atoms with Gasteiger partial charge in [-0.1, -0.05) is 42.5 Å². The molecule has 2 rings (SSSR count). The first-order valence-corrected chi connectivity index (χ1v) is 6.93. The minimum Gasteiger partial charge on any atom is -1.00 e. The number of phenols is 1. The molecule has 0 fully saturated rings. The molecule has 3 nitrogen and oxygen atoms in total. The van der Waals surface area contributed by atoms with Gasteiger partial charge in [0.05, 0.1) is 0 Å². The van der Waals surface area contributed by atoms with Gasteiger partial charge in [0.1, 0.15) is 24.4 Å². The predicted molar refractivity (Wildman–Crippen MR) is 79.3 cm³/mol. The lowest BCUT2D eigenvalue weighted by atomic mass is 10.0. The molecule has 0 aliphatic rings. The normalized spacial score (nSPS) is 13.3. The summed E-state index contributed by atoms with van der Waals surface area (Å²) in [6.45, 7) is 4.53. The molecule has 2 atom stereocenters. The van der Waals surface area contributed by atoms with Crippen LogP contribution >= 0.6 is 0 Å². The van der Waals surface area contributed by atoms with Gasteiger partial charge in [-0.15, -0.1) is 0 Å².